The third-order valence-corrected chi connectivity index (χ3v) is 3.67. The lowest BCUT2D eigenvalue weighted by Gasteiger charge is -2.09. The lowest BCUT2D eigenvalue weighted by Crippen LogP contribution is -2.24. The molecule has 2 rings (SSSR count). The van der Waals surface area contributed by atoms with Gasteiger partial charge in [-0.1, -0.05) is 18.2 Å². The van der Waals surface area contributed by atoms with Crippen molar-refractivity contribution in [2.45, 2.75) is 10.5 Å². The quantitative estimate of drug-likeness (QED) is 0.865. The lowest BCUT2D eigenvalue weighted by molar-refractivity contribution is -0.0437. The van der Waals surface area contributed by atoms with E-state index >= 15 is 0 Å². The Morgan fingerprint density at radius 3 is 2.39 bits per heavy atom. The van der Waals surface area contributed by atoms with Crippen molar-refractivity contribution in [1.82, 2.24) is 4.98 Å². The van der Waals surface area contributed by atoms with Crippen LogP contribution in [0.2, 0.25) is 0 Å². The molecule has 1 aromatic carbocycles. The summed E-state index contributed by atoms with van der Waals surface area (Å²) in [7, 11) is -5.48. The fraction of sp³-hybridized carbons (Fsp3) is 0.100. The van der Waals surface area contributed by atoms with Crippen LogP contribution in [0.3, 0.4) is 0 Å². The van der Waals surface area contributed by atoms with Crippen molar-refractivity contribution in [2.24, 2.45) is 0 Å². The number of hydrogen-bond acceptors (Lipinski definition) is 4. The van der Waals surface area contributed by atoms with E-state index in [2.05, 4.69) is 4.98 Å². The highest BCUT2D eigenvalue weighted by Crippen LogP contribution is 2.31. The molecule has 0 unspecified atom stereocenters. The molecular weight excluding hydrogens is 269 g/mol. The van der Waals surface area contributed by atoms with Gasteiger partial charge in [0, 0.05) is 11.1 Å². The Hall–Kier alpha value is -1.83. The summed E-state index contributed by atoms with van der Waals surface area (Å²) >= 11 is 0. The van der Waals surface area contributed by atoms with Crippen molar-refractivity contribution in [3.05, 3.63) is 30.3 Å². The first-order chi connectivity index (χ1) is 8.23. The molecule has 8 heteroatoms. The zero-order chi connectivity index (χ0) is 13.6. The van der Waals surface area contributed by atoms with Crippen molar-refractivity contribution < 1.29 is 21.6 Å². The number of sulfone groups is 1. The Kier molecular flexibility index (Phi) is 2.69. The Morgan fingerprint density at radius 1 is 1.17 bits per heavy atom. The SMILES string of the molecule is Nc1cc(S(=O)(=O)C(F)(F)F)nc2ccccc12. The summed E-state index contributed by atoms with van der Waals surface area (Å²) in [6.07, 6.45) is 0. The van der Waals surface area contributed by atoms with E-state index in [-0.39, 0.29) is 11.2 Å². The molecule has 0 atom stereocenters. The van der Waals surface area contributed by atoms with Crippen LogP contribution in [0, 0.1) is 0 Å². The summed E-state index contributed by atoms with van der Waals surface area (Å²) in [4.78, 5) is 3.49. The van der Waals surface area contributed by atoms with E-state index in [1.165, 1.54) is 12.1 Å². The van der Waals surface area contributed by atoms with E-state index in [1.807, 2.05) is 0 Å². The van der Waals surface area contributed by atoms with Crippen molar-refractivity contribution in [3.8, 4) is 0 Å². The highest BCUT2D eigenvalue weighted by molar-refractivity contribution is 7.92. The zero-order valence-corrected chi connectivity index (χ0v) is 9.59. The zero-order valence-electron chi connectivity index (χ0n) is 8.77. The number of fused-ring (bicyclic) bond motifs is 1. The summed E-state index contributed by atoms with van der Waals surface area (Å²) in [6.45, 7) is 0. The van der Waals surface area contributed by atoms with Gasteiger partial charge in [0.1, 0.15) is 0 Å². The summed E-state index contributed by atoms with van der Waals surface area (Å²) in [5.74, 6) is 0. The summed E-state index contributed by atoms with van der Waals surface area (Å²) in [5, 5.41) is -0.690. The number of anilines is 1. The molecule has 0 radical (unpaired) electrons. The molecule has 0 fully saturated rings. The first kappa shape index (κ1) is 12.6. The number of rotatable bonds is 1. The normalized spacial score (nSPS) is 12.8. The van der Waals surface area contributed by atoms with Crippen molar-refractivity contribution >= 4 is 26.4 Å². The molecule has 0 bridgehead atoms. The van der Waals surface area contributed by atoms with Gasteiger partial charge < -0.3 is 5.73 Å². The smallest absolute Gasteiger partial charge is 0.398 e. The van der Waals surface area contributed by atoms with Crippen molar-refractivity contribution in [3.63, 3.8) is 0 Å². The molecule has 0 aliphatic heterocycles. The van der Waals surface area contributed by atoms with E-state index in [0.29, 0.717) is 11.5 Å². The first-order valence-corrected chi connectivity index (χ1v) is 6.18. The van der Waals surface area contributed by atoms with E-state index in [0.717, 1.165) is 0 Å². The predicted octanol–water partition coefficient (Wildman–Crippen LogP) is 2.11. The molecule has 18 heavy (non-hydrogen) atoms. The number of aromatic nitrogens is 1. The average Bonchev–Trinajstić information content (AvgIpc) is 2.27. The number of nitrogens with two attached hydrogens (primary N) is 1. The average molecular weight is 276 g/mol. The third-order valence-electron chi connectivity index (χ3n) is 2.30. The number of nitrogen functional groups attached to an aromatic ring is 1. The minimum Gasteiger partial charge on any atom is -0.398 e. The molecule has 0 saturated carbocycles. The molecular formula is C10H7F3N2O2S. The van der Waals surface area contributed by atoms with E-state index in [9.17, 15) is 21.6 Å². The molecule has 1 heterocycles. The molecule has 0 aliphatic rings. The van der Waals surface area contributed by atoms with E-state index in [4.69, 9.17) is 5.73 Å². The van der Waals surface area contributed by atoms with Crippen LogP contribution in [0.5, 0.6) is 0 Å². The maximum atomic E-state index is 12.4. The van der Waals surface area contributed by atoms with Crippen molar-refractivity contribution in [1.29, 1.82) is 0 Å². The Labute approximate surface area is 100 Å². The van der Waals surface area contributed by atoms with Crippen LogP contribution in [0.4, 0.5) is 18.9 Å². The number of alkyl halides is 3. The minimum atomic E-state index is -5.48. The number of pyridine rings is 1. The second kappa shape index (κ2) is 3.84. The number of halogens is 3. The number of para-hydroxylation sites is 1. The maximum absolute atomic E-state index is 12.4. The van der Waals surface area contributed by atoms with Gasteiger partial charge in [0.15, 0.2) is 5.03 Å². The highest BCUT2D eigenvalue weighted by atomic mass is 32.2. The topological polar surface area (TPSA) is 73.1 Å². The molecule has 96 valence electrons. The molecule has 0 saturated heterocycles. The van der Waals surface area contributed by atoms with Gasteiger partial charge in [-0.2, -0.15) is 13.2 Å². The van der Waals surface area contributed by atoms with Crippen LogP contribution in [-0.4, -0.2) is 18.9 Å². The molecule has 1 aromatic heterocycles. The fourth-order valence-corrected chi connectivity index (χ4v) is 2.17. The van der Waals surface area contributed by atoms with Gasteiger partial charge in [0.2, 0.25) is 0 Å². The molecule has 0 amide bonds. The summed E-state index contributed by atoms with van der Waals surface area (Å²) in [5.41, 5.74) is 0.162. The Bertz CT molecular complexity index is 711. The standard InChI is InChI=1S/C10H7F3N2O2S/c11-10(12,13)18(16,17)9-5-7(14)6-3-1-2-4-8(6)15-9/h1-5H,(H2,14,15). The van der Waals surface area contributed by atoms with E-state index < -0.39 is 20.4 Å². The second-order valence-corrected chi connectivity index (χ2v) is 5.40. The van der Waals surface area contributed by atoms with E-state index in [1.54, 1.807) is 12.1 Å². The molecule has 0 spiro atoms. The van der Waals surface area contributed by atoms with Crippen LogP contribution in [0.15, 0.2) is 35.4 Å². The summed E-state index contributed by atoms with van der Waals surface area (Å²) < 4.78 is 59.6. The van der Waals surface area contributed by atoms with Crippen LogP contribution in [-0.2, 0) is 9.84 Å². The summed E-state index contributed by atoms with van der Waals surface area (Å²) in [6, 6.07) is 6.80. The van der Waals surface area contributed by atoms with Crippen LogP contribution < -0.4 is 5.73 Å². The monoisotopic (exact) mass is 276 g/mol. The van der Waals surface area contributed by atoms with Gasteiger partial charge in [0.25, 0.3) is 9.84 Å². The van der Waals surface area contributed by atoms with Gasteiger partial charge in [-0.15, -0.1) is 0 Å². The Morgan fingerprint density at radius 2 is 1.78 bits per heavy atom. The maximum Gasteiger partial charge on any atom is 0.503 e. The highest BCUT2D eigenvalue weighted by Gasteiger charge is 2.48. The molecule has 2 aromatic rings. The van der Waals surface area contributed by atoms with Gasteiger partial charge >= 0.3 is 5.51 Å². The number of nitrogens with zero attached hydrogens (tertiary/aromatic N) is 1. The van der Waals surface area contributed by atoms with Gasteiger partial charge in [-0.05, 0) is 12.1 Å². The van der Waals surface area contributed by atoms with Gasteiger partial charge in [0.05, 0.1) is 5.52 Å². The minimum absolute atomic E-state index is 0.0663. The Balaban J connectivity index is 2.76. The third kappa shape index (κ3) is 1.88. The van der Waals surface area contributed by atoms with Crippen molar-refractivity contribution in [2.75, 3.05) is 5.73 Å². The second-order valence-electron chi connectivity index (χ2n) is 3.52. The van der Waals surface area contributed by atoms with Crippen LogP contribution >= 0.6 is 0 Å². The molecule has 4 nitrogen and oxygen atoms in total. The first-order valence-electron chi connectivity index (χ1n) is 4.70. The number of hydrogen-bond donors (Lipinski definition) is 1. The largest absolute Gasteiger partial charge is 0.503 e. The fourth-order valence-electron chi connectivity index (χ4n) is 1.43. The number of benzene rings is 1. The van der Waals surface area contributed by atoms with Crippen LogP contribution in [0.1, 0.15) is 0 Å². The van der Waals surface area contributed by atoms with Gasteiger partial charge in [-0.3, -0.25) is 0 Å². The predicted molar refractivity (Wildman–Crippen MR) is 59.4 cm³/mol. The lowest BCUT2D eigenvalue weighted by atomic mass is 10.2. The molecule has 2 N–H and O–H groups in total. The van der Waals surface area contributed by atoms with Crippen LogP contribution in [0.25, 0.3) is 10.9 Å². The van der Waals surface area contributed by atoms with Gasteiger partial charge in [-0.25, -0.2) is 13.4 Å². The molecule has 0 aliphatic carbocycles.